The van der Waals surface area contributed by atoms with Crippen LogP contribution in [0.25, 0.3) is 0 Å². The Morgan fingerprint density at radius 1 is 2.00 bits per heavy atom. The zero-order valence-corrected chi connectivity index (χ0v) is 2.77. The molecule has 1 aliphatic rings. The van der Waals surface area contributed by atoms with E-state index >= 15 is 0 Å². The molecule has 0 amide bonds. The van der Waals surface area contributed by atoms with Gasteiger partial charge < -0.3 is 0 Å². The van der Waals surface area contributed by atoms with Crippen LogP contribution in [0.4, 0.5) is 0 Å². The van der Waals surface area contributed by atoms with Crippen molar-refractivity contribution in [3.8, 4) is 0 Å². The monoisotopic (exact) mass is 68.0 g/mol. The number of aldehydes is 1. The molecule has 0 aliphatic heterocycles. The van der Waals surface area contributed by atoms with Gasteiger partial charge in [0.05, 0.1) is 0 Å². The van der Waals surface area contributed by atoms with Crippen LogP contribution in [0.1, 0.15) is 6.42 Å². The Morgan fingerprint density at radius 2 is 2.60 bits per heavy atom. The van der Waals surface area contributed by atoms with Gasteiger partial charge in [0.25, 0.3) is 0 Å². The highest BCUT2D eigenvalue weighted by Crippen LogP contribution is 2.12. The van der Waals surface area contributed by atoms with Crippen molar-refractivity contribution in [1.29, 1.82) is 0 Å². The molecule has 0 aromatic rings. The van der Waals surface area contributed by atoms with Crippen LogP contribution in [0.15, 0.2) is 11.6 Å². The van der Waals surface area contributed by atoms with Crippen molar-refractivity contribution in [3.63, 3.8) is 0 Å². The number of carbonyl (C=O) groups is 1. The van der Waals surface area contributed by atoms with Gasteiger partial charge in [0.2, 0.25) is 0 Å². The first-order valence-corrected chi connectivity index (χ1v) is 1.57. The van der Waals surface area contributed by atoms with E-state index < -0.39 is 0 Å². The summed E-state index contributed by atoms with van der Waals surface area (Å²) in [5.41, 5.74) is 0.949. The predicted octanol–water partition coefficient (Wildman–Crippen LogP) is 0.515. The van der Waals surface area contributed by atoms with Gasteiger partial charge >= 0.3 is 0 Å². The molecule has 0 unspecified atom stereocenters. The first-order valence-electron chi connectivity index (χ1n) is 1.57. The van der Waals surface area contributed by atoms with Gasteiger partial charge in [-0.05, 0) is 12.0 Å². The van der Waals surface area contributed by atoms with E-state index in [1.54, 1.807) is 0 Å². The average molecular weight is 68.1 g/mol. The summed E-state index contributed by atoms with van der Waals surface area (Å²) < 4.78 is 0. The second-order valence-corrected chi connectivity index (χ2v) is 1.10. The van der Waals surface area contributed by atoms with Crippen molar-refractivity contribution < 1.29 is 4.79 Å². The van der Waals surface area contributed by atoms with Crippen molar-refractivity contribution in [2.75, 3.05) is 0 Å². The highest BCUT2D eigenvalue weighted by atomic mass is 16.1. The normalized spacial score (nSPS) is 17.2. The van der Waals surface area contributed by atoms with Gasteiger partial charge in [-0.1, -0.05) is 6.08 Å². The van der Waals surface area contributed by atoms with Crippen LogP contribution in [0.2, 0.25) is 0 Å². The summed E-state index contributed by atoms with van der Waals surface area (Å²) in [6.45, 7) is 0. The van der Waals surface area contributed by atoms with E-state index in [0.717, 1.165) is 18.3 Å². The molecule has 0 spiro atoms. The van der Waals surface area contributed by atoms with E-state index in [9.17, 15) is 4.79 Å². The lowest BCUT2D eigenvalue weighted by atomic mass is 10.6. The summed E-state index contributed by atoms with van der Waals surface area (Å²) in [5.74, 6) is 0. The number of hydrogen-bond donors (Lipinski definition) is 0. The van der Waals surface area contributed by atoms with Crippen molar-refractivity contribution in [1.82, 2.24) is 0 Å². The van der Waals surface area contributed by atoms with E-state index in [2.05, 4.69) is 0 Å². The van der Waals surface area contributed by atoms with E-state index in [1.165, 1.54) is 0 Å². The van der Waals surface area contributed by atoms with E-state index in [0.29, 0.717) is 0 Å². The smallest absolute Gasteiger partial charge is 0.146 e. The van der Waals surface area contributed by atoms with Gasteiger partial charge in [0.15, 0.2) is 0 Å². The zero-order valence-electron chi connectivity index (χ0n) is 2.77. The van der Waals surface area contributed by atoms with Crippen LogP contribution in [-0.2, 0) is 4.79 Å². The third-order valence-electron chi connectivity index (χ3n) is 0.591. The maximum Gasteiger partial charge on any atom is 0.146 e. The van der Waals surface area contributed by atoms with Crippen LogP contribution in [0.3, 0.4) is 0 Å². The SMILES string of the molecule is O=CC1=CC1. The Labute approximate surface area is 30.3 Å². The minimum absolute atomic E-state index is 0.889. The molecule has 0 bridgehead atoms. The third kappa shape index (κ3) is 0.349. The van der Waals surface area contributed by atoms with Gasteiger partial charge in [-0.25, -0.2) is 0 Å². The highest BCUT2D eigenvalue weighted by Gasteiger charge is 2.01. The Kier molecular flexibility index (Phi) is 0.357. The van der Waals surface area contributed by atoms with E-state index in [1.807, 2.05) is 6.08 Å². The fourth-order valence-corrected chi connectivity index (χ4v) is 0.155. The Morgan fingerprint density at radius 3 is 2.60 bits per heavy atom. The molecule has 0 N–H and O–H groups in total. The molecule has 0 radical (unpaired) electrons. The van der Waals surface area contributed by atoms with Crippen LogP contribution >= 0.6 is 0 Å². The molecule has 0 saturated heterocycles. The average Bonchev–Trinajstić information content (AvgIpc) is 2.12. The molecule has 1 nitrogen and oxygen atoms in total. The fourth-order valence-electron chi connectivity index (χ4n) is 0.155. The molecule has 1 rings (SSSR count). The molecule has 0 aromatic carbocycles. The first kappa shape index (κ1) is 2.64. The third-order valence-corrected chi connectivity index (χ3v) is 0.591. The van der Waals surface area contributed by atoms with Crippen LogP contribution in [0.5, 0.6) is 0 Å². The second-order valence-electron chi connectivity index (χ2n) is 1.10. The molecule has 0 saturated carbocycles. The molecule has 1 aliphatic carbocycles. The van der Waals surface area contributed by atoms with Crippen molar-refractivity contribution in [2.45, 2.75) is 6.42 Å². The topological polar surface area (TPSA) is 17.1 Å². The second kappa shape index (κ2) is 0.677. The molecular weight excluding hydrogens is 64.0 g/mol. The number of rotatable bonds is 1. The summed E-state index contributed by atoms with van der Waals surface area (Å²) in [5, 5.41) is 0. The summed E-state index contributed by atoms with van der Waals surface area (Å²) in [6.07, 6.45) is 3.72. The maximum absolute atomic E-state index is 9.50. The standard InChI is InChI=1S/C4H4O/c5-3-4-1-2-4/h1,3H,2H2. The largest absolute Gasteiger partial charge is 0.298 e. The minimum Gasteiger partial charge on any atom is -0.298 e. The molecule has 1 heteroatoms. The Bertz CT molecular complexity index is 78.9. The molecule has 0 atom stereocenters. The van der Waals surface area contributed by atoms with Gasteiger partial charge in [-0.3, -0.25) is 4.79 Å². The minimum atomic E-state index is 0.889. The van der Waals surface area contributed by atoms with Gasteiger partial charge in [0, 0.05) is 0 Å². The van der Waals surface area contributed by atoms with Gasteiger partial charge in [0.1, 0.15) is 6.29 Å². The molecule has 0 fully saturated rings. The molecule has 0 aromatic heterocycles. The first-order chi connectivity index (χ1) is 2.43. The predicted molar refractivity (Wildman–Crippen MR) is 18.8 cm³/mol. The molecular formula is C4H4O. The Hall–Kier alpha value is -0.590. The van der Waals surface area contributed by atoms with E-state index in [4.69, 9.17) is 0 Å². The van der Waals surface area contributed by atoms with Crippen LogP contribution in [0, 0.1) is 0 Å². The van der Waals surface area contributed by atoms with Crippen molar-refractivity contribution in [2.24, 2.45) is 0 Å². The number of carbonyl (C=O) groups excluding carboxylic acids is 1. The van der Waals surface area contributed by atoms with E-state index in [-0.39, 0.29) is 0 Å². The fraction of sp³-hybridized carbons (Fsp3) is 0.250. The highest BCUT2D eigenvalue weighted by molar-refractivity contribution is 5.79. The van der Waals surface area contributed by atoms with Crippen LogP contribution < -0.4 is 0 Å². The number of hydrogen-bond acceptors (Lipinski definition) is 1. The quantitative estimate of drug-likeness (QED) is 0.409. The summed E-state index contributed by atoms with van der Waals surface area (Å²) in [4.78, 5) is 9.50. The van der Waals surface area contributed by atoms with Gasteiger partial charge in [-0.2, -0.15) is 0 Å². The lowest BCUT2D eigenvalue weighted by Gasteiger charge is -1.50. The Balaban J connectivity index is 2.49. The maximum atomic E-state index is 9.50. The summed E-state index contributed by atoms with van der Waals surface area (Å²) in [7, 11) is 0. The summed E-state index contributed by atoms with van der Waals surface area (Å²) >= 11 is 0. The van der Waals surface area contributed by atoms with Crippen molar-refractivity contribution >= 4 is 6.29 Å². The van der Waals surface area contributed by atoms with Crippen molar-refractivity contribution in [3.05, 3.63) is 11.6 Å². The number of allylic oxidation sites excluding steroid dienone is 2. The van der Waals surface area contributed by atoms with Crippen LogP contribution in [-0.4, -0.2) is 6.29 Å². The summed E-state index contributed by atoms with van der Waals surface area (Å²) in [6, 6.07) is 0. The molecule has 26 valence electrons. The lowest BCUT2D eigenvalue weighted by molar-refractivity contribution is -0.104. The lowest BCUT2D eigenvalue weighted by Crippen LogP contribution is -1.55. The molecule has 5 heavy (non-hydrogen) atoms. The van der Waals surface area contributed by atoms with Gasteiger partial charge in [-0.15, -0.1) is 0 Å². The molecule has 0 heterocycles. The zero-order chi connectivity index (χ0) is 3.70.